The lowest BCUT2D eigenvalue weighted by atomic mass is 9.84. The average Bonchev–Trinajstić information content (AvgIpc) is 2.52. The van der Waals surface area contributed by atoms with Gasteiger partial charge in [0.15, 0.2) is 8.32 Å². The van der Waals surface area contributed by atoms with Crippen LogP contribution < -0.4 is 0 Å². The van der Waals surface area contributed by atoms with Gasteiger partial charge in [0, 0.05) is 0 Å². The highest BCUT2D eigenvalue weighted by molar-refractivity contribution is 6.71. The molecule has 1 atom stereocenters. The highest BCUT2D eigenvalue weighted by Gasteiger charge is 2.44. The van der Waals surface area contributed by atoms with Gasteiger partial charge in [0.05, 0.1) is 5.60 Å². The Balaban J connectivity index is 2.06. The van der Waals surface area contributed by atoms with Crippen LogP contribution in [0.25, 0.3) is 0 Å². The molecule has 2 aliphatic rings. The van der Waals surface area contributed by atoms with Crippen LogP contribution in [0.3, 0.4) is 0 Å². The summed E-state index contributed by atoms with van der Waals surface area (Å²) in [6, 6.07) is 1.37. The molecule has 2 heteroatoms. The molecule has 1 aliphatic carbocycles. The summed E-state index contributed by atoms with van der Waals surface area (Å²) < 4.78 is 6.48. The van der Waals surface area contributed by atoms with Crippen LogP contribution in [0.15, 0.2) is 0 Å². The Bertz CT molecular complexity index is 208. The lowest BCUT2D eigenvalue weighted by Crippen LogP contribution is -2.50. The maximum atomic E-state index is 6.48. The Hall–Kier alpha value is 0.177. The van der Waals surface area contributed by atoms with Gasteiger partial charge in [-0.05, 0) is 51.2 Å². The van der Waals surface area contributed by atoms with Gasteiger partial charge in [-0.3, -0.25) is 0 Å². The van der Waals surface area contributed by atoms with E-state index in [-0.39, 0.29) is 5.60 Å². The van der Waals surface area contributed by atoms with Gasteiger partial charge in [-0.25, -0.2) is 0 Å². The fraction of sp³-hybridized carbons (Fsp3) is 1.00. The normalized spacial score (nSPS) is 38.8. The van der Waals surface area contributed by atoms with Gasteiger partial charge in [-0.2, -0.15) is 0 Å². The topological polar surface area (TPSA) is 9.23 Å². The van der Waals surface area contributed by atoms with E-state index in [2.05, 4.69) is 20.0 Å². The number of hydrogen-bond donors (Lipinski definition) is 0. The summed E-state index contributed by atoms with van der Waals surface area (Å²) in [6.07, 6.45) is 8.43. The summed E-state index contributed by atoms with van der Waals surface area (Å²) in [6.45, 7) is 7.16. The summed E-state index contributed by atoms with van der Waals surface area (Å²) in [7, 11) is -1.29. The first-order valence-electron chi connectivity index (χ1n) is 6.22. The number of hydrogen-bond acceptors (Lipinski definition) is 1. The van der Waals surface area contributed by atoms with Crippen molar-refractivity contribution >= 4 is 8.32 Å². The summed E-state index contributed by atoms with van der Waals surface area (Å²) in [5.41, 5.74) is 0.254. The van der Waals surface area contributed by atoms with Crippen molar-refractivity contribution in [1.82, 2.24) is 0 Å². The molecule has 0 aromatic carbocycles. The fourth-order valence-electron chi connectivity index (χ4n) is 3.42. The largest absolute Gasteiger partial charge is 0.412 e. The molecule has 2 rings (SSSR count). The number of rotatable bonds is 1. The average molecular weight is 212 g/mol. The van der Waals surface area contributed by atoms with Crippen LogP contribution in [0.1, 0.15) is 45.4 Å². The monoisotopic (exact) mass is 212 g/mol. The summed E-state index contributed by atoms with van der Waals surface area (Å²) in [5, 5.41) is 0. The molecule has 0 radical (unpaired) electrons. The maximum absolute atomic E-state index is 6.48. The molecule has 1 saturated carbocycles. The van der Waals surface area contributed by atoms with E-state index >= 15 is 0 Å². The second-order valence-corrected chi connectivity index (χ2v) is 10.2. The molecule has 0 amide bonds. The molecule has 14 heavy (non-hydrogen) atoms. The Morgan fingerprint density at radius 2 is 1.79 bits per heavy atom. The van der Waals surface area contributed by atoms with Crippen LogP contribution in [0.4, 0.5) is 0 Å². The van der Waals surface area contributed by atoms with Gasteiger partial charge in [0.25, 0.3) is 0 Å². The molecule has 0 aromatic heterocycles. The lowest BCUT2D eigenvalue weighted by molar-refractivity contribution is -0.00233. The zero-order chi connectivity index (χ0) is 10.2. The standard InChI is InChI=1S/C12H24OSi/c1-12(11-7-4-5-8-11)9-6-10-14(2,3)13-12/h11H,4-10H2,1-3H3. The van der Waals surface area contributed by atoms with E-state index in [4.69, 9.17) is 4.43 Å². The highest BCUT2D eigenvalue weighted by Crippen LogP contribution is 2.44. The zero-order valence-corrected chi connectivity index (χ0v) is 10.9. The Morgan fingerprint density at radius 3 is 2.36 bits per heavy atom. The molecular formula is C12H24OSi. The first kappa shape index (κ1) is 10.7. The van der Waals surface area contributed by atoms with Crippen molar-refractivity contribution in [2.75, 3.05) is 0 Å². The molecule has 1 unspecified atom stereocenters. The van der Waals surface area contributed by atoms with Gasteiger partial charge < -0.3 is 4.43 Å². The third-order valence-electron chi connectivity index (χ3n) is 4.18. The molecule has 0 N–H and O–H groups in total. The van der Waals surface area contributed by atoms with Crippen LogP contribution in [0.2, 0.25) is 19.1 Å². The van der Waals surface area contributed by atoms with Gasteiger partial charge in [-0.1, -0.05) is 19.3 Å². The van der Waals surface area contributed by atoms with E-state index < -0.39 is 8.32 Å². The summed E-state index contributed by atoms with van der Waals surface area (Å²) in [4.78, 5) is 0. The first-order chi connectivity index (χ1) is 6.52. The Kier molecular flexibility index (Phi) is 2.78. The third-order valence-corrected chi connectivity index (χ3v) is 6.76. The summed E-state index contributed by atoms with van der Waals surface area (Å²) in [5.74, 6) is 0.870. The van der Waals surface area contributed by atoms with Crippen molar-refractivity contribution in [2.45, 2.75) is 70.2 Å². The molecular weight excluding hydrogens is 188 g/mol. The van der Waals surface area contributed by atoms with Crippen molar-refractivity contribution in [2.24, 2.45) is 5.92 Å². The Morgan fingerprint density at radius 1 is 1.14 bits per heavy atom. The van der Waals surface area contributed by atoms with Crippen molar-refractivity contribution in [1.29, 1.82) is 0 Å². The van der Waals surface area contributed by atoms with Crippen LogP contribution in [0, 0.1) is 5.92 Å². The molecule has 0 spiro atoms. The third kappa shape index (κ3) is 2.06. The van der Waals surface area contributed by atoms with Gasteiger partial charge in [0.2, 0.25) is 0 Å². The van der Waals surface area contributed by atoms with Crippen LogP contribution in [0.5, 0.6) is 0 Å². The predicted octanol–water partition coefficient (Wildman–Crippen LogP) is 3.95. The predicted molar refractivity (Wildman–Crippen MR) is 63.0 cm³/mol. The smallest absolute Gasteiger partial charge is 0.187 e. The maximum Gasteiger partial charge on any atom is 0.187 e. The van der Waals surface area contributed by atoms with Crippen molar-refractivity contribution in [3.63, 3.8) is 0 Å². The fourth-order valence-corrected chi connectivity index (χ4v) is 6.08. The van der Waals surface area contributed by atoms with Gasteiger partial charge in [0.1, 0.15) is 0 Å². The van der Waals surface area contributed by atoms with Crippen molar-refractivity contribution in [3.8, 4) is 0 Å². The van der Waals surface area contributed by atoms with Crippen molar-refractivity contribution in [3.05, 3.63) is 0 Å². The zero-order valence-electron chi connectivity index (χ0n) is 9.94. The van der Waals surface area contributed by atoms with Gasteiger partial charge >= 0.3 is 0 Å². The lowest BCUT2D eigenvalue weighted by Gasteiger charge is -2.46. The SMILES string of the molecule is CC1(C2CCCC2)CCC[Si](C)(C)O1. The van der Waals surface area contributed by atoms with E-state index in [1.165, 1.54) is 44.6 Å². The quantitative estimate of drug-likeness (QED) is 0.598. The van der Waals surface area contributed by atoms with Crippen LogP contribution in [-0.4, -0.2) is 13.9 Å². The van der Waals surface area contributed by atoms with E-state index in [0.717, 1.165) is 5.92 Å². The molecule has 0 aromatic rings. The van der Waals surface area contributed by atoms with Gasteiger partial charge in [-0.15, -0.1) is 0 Å². The molecule has 1 saturated heterocycles. The minimum atomic E-state index is -1.29. The van der Waals surface area contributed by atoms with Crippen LogP contribution >= 0.6 is 0 Å². The molecule has 1 nitrogen and oxygen atoms in total. The highest BCUT2D eigenvalue weighted by atomic mass is 28.4. The Labute approximate surface area is 89.4 Å². The molecule has 82 valence electrons. The summed E-state index contributed by atoms with van der Waals surface area (Å²) >= 11 is 0. The molecule has 0 bridgehead atoms. The minimum Gasteiger partial charge on any atom is -0.412 e. The molecule has 1 heterocycles. The van der Waals surface area contributed by atoms with E-state index in [9.17, 15) is 0 Å². The van der Waals surface area contributed by atoms with E-state index in [0.29, 0.717) is 0 Å². The second-order valence-electron chi connectivity index (χ2n) is 6.01. The first-order valence-corrected chi connectivity index (χ1v) is 9.34. The minimum absolute atomic E-state index is 0.254. The van der Waals surface area contributed by atoms with E-state index in [1.807, 2.05) is 0 Å². The van der Waals surface area contributed by atoms with Crippen LogP contribution in [-0.2, 0) is 4.43 Å². The molecule has 1 aliphatic heterocycles. The van der Waals surface area contributed by atoms with E-state index in [1.54, 1.807) is 0 Å². The second kappa shape index (κ2) is 3.64. The van der Waals surface area contributed by atoms with Crippen molar-refractivity contribution < 1.29 is 4.43 Å². The molecule has 2 fully saturated rings.